The number of ether oxygens (including phenoxy) is 1. The van der Waals surface area contributed by atoms with Crippen LogP contribution in [0.1, 0.15) is 55.3 Å². The van der Waals surface area contributed by atoms with Gasteiger partial charge in [-0.05, 0) is 75.5 Å². The fourth-order valence-electron chi connectivity index (χ4n) is 6.72. The van der Waals surface area contributed by atoms with Gasteiger partial charge in [-0.3, -0.25) is 18.8 Å². The van der Waals surface area contributed by atoms with Crippen LogP contribution < -0.4 is 15.7 Å². The maximum absolute atomic E-state index is 14.3. The van der Waals surface area contributed by atoms with E-state index < -0.39 is 41.2 Å². The molecule has 1 spiro atoms. The number of piperidine rings is 1. The topological polar surface area (TPSA) is 133 Å². The number of benzene rings is 2. The molecule has 0 radical (unpaired) electrons. The number of hydrogen-bond acceptors (Lipinski definition) is 7. The molecule has 3 heterocycles. The molecular weight excluding hydrogens is 555 g/mol. The minimum atomic E-state index is -4.80. The number of alkyl halides is 3. The van der Waals surface area contributed by atoms with Gasteiger partial charge in [0.25, 0.3) is 0 Å². The molecule has 42 heavy (non-hydrogen) atoms. The Bertz CT molecular complexity index is 1670. The van der Waals surface area contributed by atoms with E-state index in [2.05, 4.69) is 16.3 Å². The summed E-state index contributed by atoms with van der Waals surface area (Å²) in [5.41, 5.74) is -2.04. The van der Waals surface area contributed by atoms with E-state index in [1.165, 1.54) is 6.07 Å². The van der Waals surface area contributed by atoms with Gasteiger partial charge >= 0.3 is 11.9 Å². The molecule has 3 aliphatic rings. The van der Waals surface area contributed by atoms with Crippen LogP contribution in [-0.4, -0.2) is 62.0 Å². The van der Waals surface area contributed by atoms with Crippen LogP contribution in [0.3, 0.4) is 0 Å². The van der Waals surface area contributed by atoms with Crippen LogP contribution in [-0.2, 0) is 23.1 Å². The summed E-state index contributed by atoms with van der Waals surface area (Å²) in [6.07, 6.45) is -3.51. The number of aromatic nitrogens is 2. The van der Waals surface area contributed by atoms with Gasteiger partial charge in [-0.25, -0.2) is 4.79 Å². The van der Waals surface area contributed by atoms with Crippen LogP contribution in [0.4, 0.5) is 18.9 Å². The Kier molecular flexibility index (Phi) is 6.64. The number of carbonyl (C=O) groups excluding carboxylic acids is 1. The number of nitrogens with zero attached hydrogens (tertiary/aromatic N) is 4. The molecule has 1 amide bonds. The Morgan fingerprint density at radius 3 is 2.50 bits per heavy atom. The third kappa shape index (κ3) is 4.54. The number of anilines is 1. The minimum absolute atomic E-state index is 0.0622. The number of hydrogen-bond donors (Lipinski definition) is 3. The summed E-state index contributed by atoms with van der Waals surface area (Å²) < 4.78 is 50.4. The molecule has 0 atom stereocenters. The van der Waals surface area contributed by atoms with Gasteiger partial charge in [-0.2, -0.15) is 18.4 Å². The van der Waals surface area contributed by atoms with Gasteiger partial charge in [0.1, 0.15) is 19.1 Å². The highest BCUT2D eigenvalue weighted by Gasteiger charge is 2.48. The van der Waals surface area contributed by atoms with Crippen molar-refractivity contribution in [2.24, 2.45) is 0 Å². The highest BCUT2D eigenvalue weighted by Crippen LogP contribution is 2.46. The number of amides is 1. The van der Waals surface area contributed by atoms with Crippen molar-refractivity contribution >= 4 is 22.6 Å². The zero-order valence-corrected chi connectivity index (χ0v) is 22.9. The summed E-state index contributed by atoms with van der Waals surface area (Å²) in [4.78, 5) is 28.0. The fourth-order valence-corrected chi connectivity index (χ4v) is 6.72. The van der Waals surface area contributed by atoms with E-state index in [4.69, 9.17) is 4.74 Å². The molecule has 0 bridgehead atoms. The van der Waals surface area contributed by atoms with Crippen molar-refractivity contribution in [3.05, 3.63) is 57.5 Å². The van der Waals surface area contributed by atoms with Crippen molar-refractivity contribution in [2.45, 2.75) is 62.6 Å². The molecule has 1 saturated heterocycles. The molecule has 2 aliphatic heterocycles. The number of nitriles is 1. The summed E-state index contributed by atoms with van der Waals surface area (Å²) >= 11 is 0. The molecule has 1 aliphatic carbocycles. The minimum Gasteiger partial charge on any atom is -0.492 e. The second-order valence-electron chi connectivity index (χ2n) is 11.7. The maximum Gasteiger partial charge on any atom is 0.418 e. The molecule has 222 valence electrons. The lowest BCUT2D eigenvalue weighted by Gasteiger charge is -2.41. The van der Waals surface area contributed by atoms with Crippen molar-refractivity contribution in [1.29, 1.82) is 5.26 Å². The van der Waals surface area contributed by atoms with Crippen LogP contribution in [0.15, 0.2) is 35.1 Å². The van der Waals surface area contributed by atoms with Gasteiger partial charge < -0.3 is 20.3 Å². The lowest BCUT2D eigenvalue weighted by molar-refractivity contribution is -0.136. The second-order valence-corrected chi connectivity index (χ2v) is 11.7. The quantitative estimate of drug-likeness (QED) is 0.405. The van der Waals surface area contributed by atoms with Gasteiger partial charge in [-0.1, -0.05) is 0 Å². The van der Waals surface area contributed by atoms with Crippen molar-refractivity contribution in [3.8, 4) is 11.8 Å². The third-order valence-electron chi connectivity index (χ3n) is 8.93. The van der Waals surface area contributed by atoms with Crippen molar-refractivity contribution in [2.75, 3.05) is 31.6 Å². The van der Waals surface area contributed by atoms with E-state index in [1.807, 2.05) is 0 Å². The first-order valence-corrected chi connectivity index (χ1v) is 13.8. The van der Waals surface area contributed by atoms with Gasteiger partial charge in [0.15, 0.2) is 0 Å². The van der Waals surface area contributed by atoms with Crippen molar-refractivity contribution in [1.82, 2.24) is 14.0 Å². The molecule has 2 fully saturated rings. The van der Waals surface area contributed by atoms with Crippen LogP contribution in [0.5, 0.6) is 5.75 Å². The zero-order chi connectivity index (χ0) is 30.0. The molecule has 1 aromatic heterocycles. The van der Waals surface area contributed by atoms with Crippen molar-refractivity contribution < 1.29 is 32.9 Å². The number of nitrogens with one attached hydrogen (secondary N) is 1. The largest absolute Gasteiger partial charge is 0.492 e. The normalized spacial score (nSPS) is 23.5. The summed E-state index contributed by atoms with van der Waals surface area (Å²) in [5, 5.41) is 32.2. The van der Waals surface area contributed by atoms with E-state index in [1.54, 1.807) is 25.1 Å². The number of likely N-dealkylation sites (tertiary alicyclic amines) is 1. The highest BCUT2D eigenvalue weighted by molar-refractivity contribution is 6.06. The van der Waals surface area contributed by atoms with Crippen LogP contribution >= 0.6 is 0 Å². The first-order valence-electron chi connectivity index (χ1n) is 13.8. The van der Waals surface area contributed by atoms with Crippen molar-refractivity contribution in [3.63, 3.8) is 0 Å². The number of imidazole rings is 1. The lowest BCUT2D eigenvalue weighted by Crippen LogP contribution is -2.47. The molecular formula is C29H30F3N5O5. The number of rotatable bonds is 6. The molecule has 1 saturated carbocycles. The van der Waals surface area contributed by atoms with E-state index in [0.717, 1.165) is 20.8 Å². The Balaban J connectivity index is 1.19. The number of halogens is 3. The van der Waals surface area contributed by atoms with E-state index in [-0.39, 0.29) is 42.1 Å². The van der Waals surface area contributed by atoms with Gasteiger partial charge in [0.05, 0.1) is 39.2 Å². The van der Waals surface area contributed by atoms with Crippen LogP contribution in [0.25, 0.3) is 11.0 Å². The molecule has 3 N–H and O–H groups in total. The summed E-state index contributed by atoms with van der Waals surface area (Å²) in [6.45, 7) is 2.31. The number of aliphatic hydroxyl groups is 2. The Hall–Kier alpha value is -3.86. The average Bonchev–Trinajstić information content (AvgIpc) is 3.36. The molecule has 2 aromatic carbocycles. The predicted octanol–water partition coefficient (Wildman–Crippen LogP) is 3.09. The molecule has 13 heteroatoms. The Labute approximate surface area is 238 Å². The van der Waals surface area contributed by atoms with Gasteiger partial charge in [0, 0.05) is 24.3 Å². The monoisotopic (exact) mass is 585 g/mol. The first kappa shape index (κ1) is 28.3. The average molecular weight is 586 g/mol. The standard InChI is InChI=1S/C29H30F3N5O5/c1-27(41)13-18(14-27)37-24-21(29(30,31)32)11-19(12-23(24)36(16-38)26(37)40)42-9-8-35-6-4-28(5-7-35)20-10-17(15-33)2-3-22(20)34-25(28)39/h2-3,10-12,18,38,41H,4-9,13-14,16H2,1H3,(H,34,39)/t18-,27+. The maximum atomic E-state index is 14.3. The van der Waals surface area contributed by atoms with E-state index >= 15 is 0 Å². The summed E-state index contributed by atoms with van der Waals surface area (Å²) in [7, 11) is 0. The second kappa shape index (κ2) is 9.86. The lowest BCUT2D eigenvalue weighted by atomic mass is 9.73. The third-order valence-corrected chi connectivity index (χ3v) is 8.93. The summed E-state index contributed by atoms with van der Waals surface area (Å²) in [5.74, 6) is -0.180. The molecule has 6 rings (SSSR count). The van der Waals surface area contributed by atoms with E-state index in [9.17, 15) is 38.2 Å². The fraction of sp³-hybridized carbons (Fsp3) is 0.483. The van der Waals surface area contributed by atoms with Gasteiger partial charge in [-0.15, -0.1) is 0 Å². The molecule has 10 nitrogen and oxygen atoms in total. The zero-order valence-electron chi connectivity index (χ0n) is 22.9. The summed E-state index contributed by atoms with van der Waals surface area (Å²) in [6, 6.07) is 8.85. The Morgan fingerprint density at radius 1 is 1.17 bits per heavy atom. The molecule has 3 aromatic rings. The van der Waals surface area contributed by atoms with Crippen LogP contribution in [0, 0.1) is 11.3 Å². The highest BCUT2D eigenvalue weighted by atomic mass is 19.4. The van der Waals surface area contributed by atoms with E-state index in [0.29, 0.717) is 43.7 Å². The molecule has 0 unspecified atom stereocenters. The van der Waals surface area contributed by atoms with Crippen LogP contribution in [0.2, 0.25) is 0 Å². The smallest absolute Gasteiger partial charge is 0.418 e. The SMILES string of the molecule is C[C@]1(O)C[C@@H](n2c(=O)n(CO)c3cc(OCCN4CCC5(CC4)C(=O)Nc4ccc(C#N)cc45)cc(C(F)(F)F)c32)C1. The first-order chi connectivity index (χ1) is 19.9. The van der Waals surface area contributed by atoms with Gasteiger partial charge in [0.2, 0.25) is 5.91 Å². The number of fused-ring (bicyclic) bond motifs is 3. The number of carbonyl (C=O) groups is 1. The number of aliphatic hydroxyl groups excluding tert-OH is 1. The predicted molar refractivity (Wildman–Crippen MR) is 145 cm³/mol. The Morgan fingerprint density at radius 2 is 1.88 bits per heavy atom.